The summed E-state index contributed by atoms with van der Waals surface area (Å²) >= 11 is -11.5. The van der Waals surface area contributed by atoms with E-state index >= 15 is 0 Å². The van der Waals surface area contributed by atoms with Crippen LogP contribution in [0.25, 0.3) is 0 Å². The minimum Gasteiger partial charge on any atom is 4.00 e. The Balaban J connectivity index is -0.0000000128. The Morgan fingerprint density at radius 2 is 0.533 bits per heavy atom. The molecule has 0 saturated heterocycles. The average Bonchev–Trinajstić information content (AvgIpc) is 1.12. The molecule has 0 amide bonds. The maximum atomic E-state index is 8.59. The number of hydrogen-bond donors (Lipinski definition) is 0. The molecule has 0 heterocycles. The molecule has 15 heteroatoms. The maximum absolute atomic E-state index is 8.59. The Morgan fingerprint density at radius 3 is 0.533 bits per heavy atom. The topological polar surface area (TPSA) is 287 Å². The summed E-state index contributed by atoms with van der Waals surface area (Å²) in [4.78, 5) is 0. The fraction of sp³-hybridized carbons (Fsp3) is 0. The van der Waals surface area contributed by atoms with E-state index in [4.69, 9.17) is 32.1 Å². The molecule has 96 valence electrons. The van der Waals surface area contributed by atoms with E-state index < -0.39 is 26.7 Å². The zero-order valence-electron chi connectivity index (χ0n) is 6.58. The fourth-order valence-corrected chi connectivity index (χ4v) is 0. The zero-order chi connectivity index (χ0) is 9.00. The Kier molecular flexibility index (Phi) is 52.0. The smallest absolute Gasteiger partial charge is 4.00 e. The summed E-state index contributed by atoms with van der Waals surface area (Å²) < 4.78 is 68.8. The van der Waals surface area contributed by atoms with Crippen molar-refractivity contribution in [2.75, 3.05) is 0 Å². The molecule has 0 atom stereocenters. The minimum absolute atomic E-state index is 0. The number of hydrogen-bond acceptors (Lipinski definition) is 8. The van der Waals surface area contributed by atoms with Gasteiger partial charge in [0.2, 0.25) is 0 Å². The summed E-state index contributed by atoms with van der Waals surface area (Å²) in [6, 6.07) is 0. The molecule has 0 spiro atoms. The van der Waals surface area contributed by atoms with Crippen LogP contribution >= 0.6 is 0 Å². The van der Waals surface area contributed by atoms with Crippen molar-refractivity contribution in [2.24, 2.45) is 0 Å². The maximum Gasteiger partial charge on any atom is 4.00 e. The van der Waals surface area contributed by atoms with Crippen molar-refractivity contribution in [1.82, 2.24) is 0 Å². The van der Waals surface area contributed by atoms with Crippen LogP contribution in [0.2, 0.25) is 0 Å². The van der Waals surface area contributed by atoms with Crippen molar-refractivity contribution in [3.8, 4) is 0 Å². The Bertz CT molecular complexity index is 210. The van der Waals surface area contributed by atoms with Gasteiger partial charge in [0.05, 0.1) is 0 Å². The van der Waals surface area contributed by atoms with Gasteiger partial charge < -0.3 is 21.9 Å². The fourth-order valence-electron chi connectivity index (χ4n) is 0. The van der Waals surface area contributed by atoms with Gasteiger partial charge in [-0.05, 0) is 0 Å². The monoisotopic (exact) mass is 500 g/mol. The molecule has 0 unspecified atom stereocenters. The first kappa shape index (κ1) is 44.1. The predicted octanol–water partition coefficient (Wildman–Crippen LogP) is -9.29. The summed E-state index contributed by atoms with van der Waals surface area (Å²) in [7, 11) is 0. The molecular weight excluding hydrogens is 490 g/mol. The molecule has 0 bridgehead atoms. The van der Waals surface area contributed by atoms with E-state index in [9.17, 15) is 0 Å². The Hall–Kier alpha value is 1.30. The predicted molar refractivity (Wildman–Crippen MR) is 28.7 cm³/mol. The van der Waals surface area contributed by atoms with Crippen molar-refractivity contribution in [2.45, 2.75) is 0 Å². The van der Waals surface area contributed by atoms with E-state index in [0.717, 1.165) is 0 Å². The largest absolute Gasteiger partial charge is 4.00 e. The second-order valence-electron chi connectivity index (χ2n) is 0.816. The average molecular weight is 498 g/mol. The van der Waals surface area contributed by atoms with Crippen LogP contribution in [0.5, 0.6) is 0 Å². The van der Waals surface area contributed by atoms with Gasteiger partial charge in [0.15, 0.2) is 0 Å². The van der Waals surface area contributed by atoms with Gasteiger partial charge >= 0.3 is 101 Å². The molecule has 0 radical (unpaired) electrons. The standard InChI is InChI=1S/Ce.2H2O4Se.4H2O/c;2*1-5(2,3)4;;;;/h;2*(H2,1,2,3,4);4*1H2/q+4;;;;;;/p-4. The van der Waals surface area contributed by atoms with Gasteiger partial charge in [-0.25, -0.2) is 0 Å². The second kappa shape index (κ2) is 17.7. The summed E-state index contributed by atoms with van der Waals surface area (Å²) in [5, 5.41) is 0. The van der Waals surface area contributed by atoms with Crippen LogP contribution in [0.4, 0.5) is 0 Å². The Labute approximate surface area is 121 Å². The molecule has 0 aromatic rings. The minimum atomic E-state index is -5.75. The first-order valence-electron chi connectivity index (χ1n) is 1.33. The van der Waals surface area contributed by atoms with E-state index in [1.807, 2.05) is 0 Å². The molecule has 0 aliphatic rings. The summed E-state index contributed by atoms with van der Waals surface area (Å²) in [6.07, 6.45) is 0. The van der Waals surface area contributed by atoms with Crippen molar-refractivity contribution in [3.05, 3.63) is 0 Å². The van der Waals surface area contributed by atoms with Gasteiger partial charge in [0.1, 0.15) is 0 Å². The van der Waals surface area contributed by atoms with Crippen LogP contribution in [0.1, 0.15) is 0 Å². The first-order chi connectivity index (χ1) is 4.00. The molecule has 0 saturated carbocycles. The zero-order valence-corrected chi connectivity index (χ0v) is 13.1. The quantitative estimate of drug-likeness (QED) is 0.288. The first-order valence-corrected chi connectivity index (χ1v) is 6.93. The van der Waals surface area contributed by atoms with E-state index in [0.29, 0.717) is 0 Å². The third kappa shape index (κ3) is 1610. The van der Waals surface area contributed by atoms with Gasteiger partial charge in [0.25, 0.3) is 0 Å². The summed E-state index contributed by atoms with van der Waals surface area (Å²) in [5.41, 5.74) is 0. The van der Waals surface area contributed by atoms with Crippen LogP contribution in [-0.4, -0.2) is 48.6 Å². The summed E-state index contributed by atoms with van der Waals surface area (Å²) in [6.45, 7) is 0. The molecule has 0 aliphatic carbocycles. The molecule has 15 heavy (non-hydrogen) atoms. The Morgan fingerprint density at radius 1 is 0.533 bits per heavy atom. The van der Waals surface area contributed by atoms with Gasteiger partial charge in [0, 0.05) is 0 Å². The van der Waals surface area contributed by atoms with Crippen LogP contribution in [0, 0.1) is 41.7 Å². The van der Waals surface area contributed by atoms with Crippen LogP contribution in [0.15, 0.2) is 0 Å². The molecular formula is H8CeO12Se2. The molecule has 0 aromatic heterocycles. The van der Waals surface area contributed by atoms with Gasteiger partial charge in [-0.1, -0.05) is 0 Å². The third-order valence-corrected chi connectivity index (χ3v) is 0. The number of rotatable bonds is 0. The van der Waals surface area contributed by atoms with Crippen molar-refractivity contribution < 1.29 is 95.7 Å². The molecule has 12 nitrogen and oxygen atoms in total. The molecule has 0 rings (SSSR count). The van der Waals surface area contributed by atoms with Crippen molar-refractivity contribution >= 4 is 26.7 Å². The van der Waals surface area contributed by atoms with Gasteiger partial charge in [-0.15, -0.1) is 0 Å². The molecule has 8 N–H and O–H groups in total. The van der Waals surface area contributed by atoms with E-state index in [1.165, 1.54) is 0 Å². The van der Waals surface area contributed by atoms with Crippen LogP contribution < -0.4 is 16.8 Å². The third-order valence-electron chi connectivity index (χ3n) is 0. The normalized spacial score (nSPS) is 7.73. The van der Waals surface area contributed by atoms with Crippen molar-refractivity contribution in [3.63, 3.8) is 0 Å². The molecule has 0 aliphatic heterocycles. The van der Waals surface area contributed by atoms with Crippen molar-refractivity contribution in [1.29, 1.82) is 0 Å². The molecule has 0 fully saturated rings. The van der Waals surface area contributed by atoms with Gasteiger partial charge in [-0.2, -0.15) is 0 Å². The SMILES string of the molecule is O.O.O.O.O=[Se](=O)([O-])[O-].O=[Se](=O)([O-])[O-].[Ce+4]. The van der Waals surface area contributed by atoms with E-state index in [2.05, 4.69) is 0 Å². The van der Waals surface area contributed by atoms with Gasteiger partial charge in [-0.3, -0.25) is 0 Å². The van der Waals surface area contributed by atoms with E-state index in [1.54, 1.807) is 0 Å². The van der Waals surface area contributed by atoms with E-state index in [-0.39, 0.29) is 63.7 Å². The van der Waals surface area contributed by atoms with Crippen LogP contribution in [-0.2, 0) is 15.3 Å². The second-order valence-corrected chi connectivity index (χ2v) is 4.24. The summed E-state index contributed by atoms with van der Waals surface area (Å²) in [5.74, 6) is 0. The molecule has 0 aromatic carbocycles. The van der Waals surface area contributed by atoms with Crippen LogP contribution in [0.3, 0.4) is 0 Å².